The van der Waals surface area contributed by atoms with Crippen molar-refractivity contribution in [2.24, 2.45) is 0 Å². The van der Waals surface area contributed by atoms with E-state index in [1.807, 2.05) is 61.5 Å². The van der Waals surface area contributed by atoms with E-state index >= 15 is 0 Å². The number of hydrogen-bond donors (Lipinski definition) is 1. The fourth-order valence-electron chi connectivity index (χ4n) is 2.39. The number of rotatable bonds is 6. The topological polar surface area (TPSA) is 59.4 Å². The Balaban J connectivity index is 1.86. The lowest BCUT2D eigenvalue weighted by molar-refractivity contribution is -0.133. The lowest BCUT2D eigenvalue weighted by Gasteiger charge is -2.10. The van der Waals surface area contributed by atoms with Crippen LogP contribution in [0.4, 0.5) is 0 Å². The highest BCUT2D eigenvalue weighted by molar-refractivity contribution is 8.00. The number of hydrogen-bond acceptors (Lipinski definition) is 4. The Kier molecular flexibility index (Phi) is 5.01. The summed E-state index contributed by atoms with van der Waals surface area (Å²) in [5.74, 6) is -0.0681. The molecule has 1 N–H and O–H groups in total. The summed E-state index contributed by atoms with van der Waals surface area (Å²) in [6, 6.07) is 17.6. The van der Waals surface area contributed by atoms with Crippen molar-refractivity contribution in [1.82, 2.24) is 4.98 Å². The van der Waals surface area contributed by atoms with E-state index in [4.69, 9.17) is 9.84 Å². The number of benzene rings is 2. The van der Waals surface area contributed by atoms with Crippen molar-refractivity contribution in [3.63, 3.8) is 0 Å². The van der Waals surface area contributed by atoms with Gasteiger partial charge in [-0.25, -0.2) is 0 Å². The number of carbonyl (C=O) groups is 1. The highest BCUT2D eigenvalue weighted by atomic mass is 32.2. The number of aryl methyl sites for hydroxylation is 1. The third-order valence-corrected chi connectivity index (χ3v) is 4.51. The SMILES string of the molecule is Cc1cc(SCC(=O)O)c2cc(OCc3ccccc3)ccc2n1. The number of carboxylic acid groups (broad SMARTS) is 1. The van der Waals surface area contributed by atoms with Gasteiger partial charge in [0, 0.05) is 16.0 Å². The molecule has 4 nitrogen and oxygen atoms in total. The smallest absolute Gasteiger partial charge is 0.313 e. The molecule has 0 atom stereocenters. The number of nitrogens with zero attached hydrogens (tertiary/aromatic N) is 1. The minimum atomic E-state index is -0.834. The molecule has 0 unspecified atom stereocenters. The standard InChI is InChI=1S/C19H17NO3S/c1-13-9-18(24-12-19(21)22)16-10-15(7-8-17(16)20-13)23-11-14-5-3-2-4-6-14/h2-10H,11-12H2,1H3,(H,21,22). The molecule has 5 heteroatoms. The zero-order chi connectivity index (χ0) is 16.9. The van der Waals surface area contributed by atoms with Gasteiger partial charge in [-0.1, -0.05) is 30.3 Å². The van der Waals surface area contributed by atoms with Crippen molar-refractivity contribution in [2.75, 3.05) is 5.75 Å². The van der Waals surface area contributed by atoms with Crippen molar-refractivity contribution < 1.29 is 14.6 Å². The largest absolute Gasteiger partial charge is 0.489 e. The average molecular weight is 339 g/mol. The summed E-state index contributed by atoms with van der Waals surface area (Å²) >= 11 is 1.30. The molecule has 1 aromatic heterocycles. The van der Waals surface area contributed by atoms with Crippen molar-refractivity contribution in [2.45, 2.75) is 18.4 Å². The van der Waals surface area contributed by atoms with E-state index in [2.05, 4.69) is 4.98 Å². The Bertz CT molecular complexity index is 865. The number of fused-ring (bicyclic) bond motifs is 1. The molecule has 0 saturated heterocycles. The Hall–Kier alpha value is -2.53. The van der Waals surface area contributed by atoms with Crippen molar-refractivity contribution in [1.29, 1.82) is 0 Å². The van der Waals surface area contributed by atoms with Crippen molar-refractivity contribution in [3.8, 4) is 5.75 Å². The second kappa shape index (κ2) is 7.36. The molecule has 0 fully saturated rings. The summed E-state index contributed by atoms with van der Waals surface area (Å²) in [6.45, 7) is 2.40. The predicted octanol–water partition coefficient (Wildman–Crippen LogP) is 4.30. The van der Waals surface area contributed by atoms with Gasteiger partial charge in [0.2, 0.25) is 0 Å². The van der Waals surface area contributed by atoms with Crippen LogP contribution in [0.2, 0.25) is 0 Å². The molecule has 2 aromatic carbocycles. The first-order valence-electron chi connectivity index (χ1n) is 7.54. The second-order valence-corrected chi connectivity index (χ2v) is 6.41. The molecule has 3 aromatic rings. The normalized spacial score (nSPS) is 10.7. The molecule has 0 aliphatic rings. The van der Waals surface area contributed by atoms with Gasteiger partial charge in [-0.3, -0.25) is 9.78 Å². The first-order chi connectivity index (χ1) is 11.6. The van der Waals surface area contributed by atoms with E-state index in [1.54, 1.807) is 0 Å². The van der Waals surface area contributed by atoms with Gasteiger partial charge in [0.15, 0.2) is 0 Å². The Morgan fingerprint density at radius 3 is 2.71 bits per heavy atom. The van der Waals surface area contributed by atoms with Crippen LogP contribution in [0.1, 0.15) is 11.3 Å². The highest BCUT2D eigenvalue weighted by Crippen LogP contribution is 2.30. The fraction of sp³-hybridized carbons (Fsp3) is 0.158. The zero-order valence-corrected chi connectivity index (χ0v) is 14.0. The third-order valence-electron chi connectivity index (χ3n) is 3.47. The molecule has 0 saturated carbocycles. The Morgan fingerprint density at radius 1 is 1.17 bits per heavy atom. The van der Waals surface area contributed by atoms with Crippen LogP contribution in [-0.2, 0) is 11.4 Å². The van der Waals surface area contributed by atoms with Gasteiger partial charge in [0.25, 0.3) is 0 Å². The summed E-state index contributed by atoms with van der Waals surface area (Å²) in [4.78, 5) is 16.3. The van der Waals surface area contributed by atoms with E-state index in [-0.39, 0.29) is 5.75 Å². The number of pyridine rings is 1. The van der Waals surface area contributed by atoms with Crippen LogP contribution in [-0.4, -0.2) is 21.8 Å². The van der Waals surface area contributed by atoms with Gasteiger partial charge in [-0.2, -0.15) is 0 Å². The highest BCUT2D eigenvalue weighted by Gasteiger charge is 2.09. The summed E-state index contributed by atoms with van der Waals surface area (Å²) < 4.78 is 5.86. The molecule has 24 heavy (non-hydrogen) atoms. The number of aliphatic carboxylic acids is 1. The predicted molar refractivity (Wildman–Crippen MR) is 95.6 cm³/mol. The summed E-state index contributed by atoms with van der Waals surface area (Å²) in [7, 11) is 0. The van der Waals surface area contributed by atoms with Gasteiger partial charge in [0.1, 0.15) is 12.4 Å². The second-order valence-electron chi connectivity index (χ2n) is 5.40. The summed E-state index contributed by atoms with van der Waals surface area (Å²) in [6.07, 6.45) is 0. The Morgan fingerprint density at radius 2 is 1.96 bits per heavy atom. The molecule has 122 valence electrons. The summed E-state index contributed by atoms with van der Waals surface area (Å²) in [5.41, 5.74) is 2.81. The van der Waals surface area contributed by atoms with Crippen LogP contribution in [0.25, 0.3) is 10.9 Å². The molecule has 0 amide bonds. The first kappa shape index (κ1) is 16.3. The van der Waals surface area contributed by atoms with E-state index in [9.17, 15) is 4.79 Å². The maximum absolute atomic E-state index is 10.9. The van der Waals surface area contributed by atoms with Crippen LogP contribution in [0, 0.1) is 6.92 Å². The van der Waals surface area contributed by atoms with Gasteiger partial charge in [0.05, 0.1) is 11.3 Å². The van der Waals surface area contributed by atoms with Gasteiger partial charge in [-0.15, -0.1) is 11.8 Å². The van der Waals surface area contributed by atoms with Crippen molar-refractivity contribution >= 4 is 28.6 Å². The van der Waals surface area contributed by atoms with Gasteiger partial charge in [-0.05, 0) is 36.8 Å². The van der Waals surface area contributed by atoms with Gasteiger partial charge >= 0.3 is 5.97 Å². The fourth-order valence-corrected chi connectivity index (χ4v) is 3.24. The number of aromatic nitrogens is 1. The molecule has 0 aliphatic heterocycles. The molecule has 0 bridgehead atoms. The minimum Gasteiger partial charge on any atom is -0.489 e. The monoisotopic (exact) mass is 339 g/mol. The van der Waals surface area contributed by atoms with E-state index in [0.29, 0.717) is 6.61 Å². The quantitative estimate of drug-likeness (QED) is 0.679. The van der Waals surface area contributed by atoms with E-state index in [1.165, 1.54) is 11.8 Å². The number of thioether (sulfide) groups is 1. The van der Waals surface area contributed by atoms with E-state index in [0.717, 1.165) is 32.8 Å². The molecule has 3 rings (SSSR count). The third kappa shape index (κ3) is 4.06. The lowest BCUT2D eigenvalue weighted by Crippen LogP contribution is -1.99. The number of ether oxygens (including phenoxy) is 1. The van der Waals surface area contributed by atoms with Crippen LogP contribution in [0.15, 0.2) is 59.5 Å². The molecule has 0 spiro atoms. The van der Waals surface area contributed by atoms with Crippen molar-refractivity contribution in [3.05, 3.63) is 65.9 Å². The average Bonchev–Trinajstić information content (AvgIpc) is 2.58. The van der Waals surface area contributed by atoms with Crippen LogP contribution in [0.3, 0.4) is 0 Å². The van der Waals surface area contributed by atoms with Crippen LogP contribution < -0.4 is 4.74 Å². The molecule has 0 aliphatic carbocycles. The molecule has 0 radical (unpaired) electrons. The Labute approximate surface area is 144 Å². The van der Waals surface area contributed by atoms with Gasteiger partial charge < -0.3 is 9.84 Å². The minimum absolute atomic E-state index is 0.0215. The molecular weight excluding hydrogens is 322 g/mol. The molecule has 1 heterocycles. The van der Waals surface area contributed by atoms with Crippen LogP contribution in [0.5, 0.6) is 5.75 Å². The van der Waals surface area contributed by atoms with E-state index < -0.39 is 5.97 Å². The first-order valence-corrected chi connectivity index (χ1v) is 8.53. The summed E-state index contributed by atoms with van der Waals surface area (Å²) in [5, 5.41) is 9.83. The lowest BCUT2D eigenvalue weighted by atomic mass is 10.2. The maximum atomic E-state index is 10.9. The number of carboxylic acids is 1. The van der Waals surface area contributed by atoms with Crippen LogP contribution >= 0.6 is 11.8 Å². The zero-order valence-electron chi connectivity index (χ0n) is 13.2. The maximum Gasteiger partial charge on any atom is 0.313 e. The molecular formula is C19H17NO3S.